The molecule has 0 aromatic heterocycles. The third-order valence-corrected chi connectivity index (χ3v) is 13.5. The van der Waals surface area contributed by atoms with E-state index in [1.807, 2.05) is 0 Å². The maximum atomic E-state index is 11.4. The second-order valence-corrected chi connectivity index (χ2v) is 18.5. The number of allylic oxidation sites excluding steroid dienone is 8. The van der Waals surface area contributed by atoms with E-state index in [0.717, 1.165) is 71.8 Å². The maximum absolute atomic E-state index is 11.4. The standard InChI is InChI=1S/C45H49ClN2O6S2/c1-44(2)39(47(27-9-11-29-55-54-53-49)37-23-19-31-13-5-7-15-35(31)41(37)44)25-21-33-17-18-34(43(33)46)22-26-40-45(3,4)42-36-16-8-6-14-32(36)20-24-38(42)48(40)28-10-12-30-56(50,51)52/h5-8,13-16,19-26H,9-12,17-18,27-30H2,1-4H3,(H-,49,50,51,52)/p-1. The second-order valence-electron chi connectivity index (χ2n) is 15.9. The molecule has 0 saturated carbocycles. The number of unbranched alkanes of at least 4 members (excludes halogenated alkanes) is 2. The Hall–Kier alpha value is -3.74. The summed E-state index contributed by atoms with van der Waals surface area (Å²) in [5.74, 6) is 0.297. The minimum Gasteiger partial charge on any atom is -0.748 e. The third kappa shape index (κ3) is 8.03. The minimum atomic E-state index is -4.27. The van der Waals surface area contributed by atoms with Gasteiger partial charge in [-0.2, -0.15) is 8.91 Å². The summed E-state index contributed by atoms with van der Waals surface area (Å²) in [6.45, 7) is 10.5. The number of nitrogens with zero attached hydrogens (tertiary/aromatic N) is 2. The fourth-order valence-corrected chi connectivity index (χ4v) is 10.3. The molecule has 0 atom stereocenters. The minimum absolute atomic E-state index is 0.260. The number of fused-ring (bicyclic) bond motifs is 6. The van der Waals surface area contributed by atoms with Crippen molar-refractivity contribution in [2.24, 2.45) is 0 Å². The molecule has 0 radical (unpaired) electrons. The molecule has 0 unspecified atom stereocenters. The van der Waals surface area contributed by atoms with Gasteiger partial charge in [-0.1, -0.05) is 92.2 Å². The van der Waals surface area contributed by atoms with Crippen molar-refractivity contribution in [3.05, 3.63) is 130 Å². The first-order valence-corrected chi connectivity index (χ1v) is 22.2. The molecule has 7 rings (SSSR count). The zero-order valence-electron chi connectivity index (χ0n) is 32.3. The molecule has 0 bridgehead atoms. The summed E-state index contributed by atoms with van der Waals surface area (Å²) in [7, 11) is -4.27. The normalized spacial score (nSPS) is 19.2. The number of benzene rings is 4. The molecule has 294 valence electrons. The van der Waals surface area contributed by atoms with E-state index in [2.05, 4.69) is 144 Å². The van der Waals surface area contributed by atoms with E-state index in [0.29, 0.717) is 25.1 Å². The average molecular weight is 812 g/mol. The number of rotatable bonds is 15. The molecule has 2 aliphatic heterocycles. The molecule has 0 saturated heterocycles. The Bertz CT molecular complexity index is 2430. The molecule has 0 amide bonds. The lowest BCUT2D eigenvalue weighted by molar-refractivity contribution is -0.777. The van der Waals surface area contributed by atoms with E-state index in [9.17, 15) is 18.2 Å². The lowest BCUT2D eigenvalue weighted by atomic mass is 9.79. The van der Waals surface area contributed by atoms with Crippen LogP contribution < -0.4 is 10.2 Å². The van der Waals surface area contributed by atoms with E-state index in [1.165, 1.54) is 44.1 Å². The number of hydrogen-bond acceptors (Lipinski definition) is 8. The van der Waals surface area contributed by atoms with Gasteiger partial charge in [-0.05, 0) is 102 Å². The number of anilines is 1. The molecule has 4 aromatic carbocycles. The van der Waals surface area contributed by atoms with Gasteiger partial charge in [0.25, 0.3) is 0 Å². The van der Waals surface area contributed by atoms with Gasteiger partial charge >= 0.3 is 0 Å². The van der Waals surface area contributed by atoms with Crippen molar-refractivity contribution in [1.29, 1.82) is 0 Å². The predicted molar refractivity (Wildman–Crippen MR) is 226 cm³/mol. The van der Waals surface area contributed by atoms with Crippen molar-refractivity contribution < 1.29 is 32.2 Å². The Morgan fingerprint density at radius 3 is 2.25 bits per heavy atom. The van der Waals surface area contributed by atoms with Crippen molar-refractivity contribution in [2.45, 2.75) is 77.0 Å². The highest BCUT2D eigenvalue weighted by Gasteiger charge is 2.45. The lowest BCUT2D eigenvalue weighted by Gasteiger charge is -2.27. The van der Waals surface area contributed by atoms with E-state index in [4.69, 9.17) is 11.6 Å². The van der Waals surface area contributed by atoms with Gasteiger partial charge in [0.15, 0.2) is 5.71 Å². The Labute approximate surface area is 339 Å². The van der Waals surface area contributed by atoms with Gasteiger partial charge < -0.3 is 14.7 Å². The number of hydrogen-bond donors (Lipinski definition) is 0. The molecule has 56 heavy (non-hydrogen) atoms. The Kier molecular flexibility index (Phi) is 12.0. The van der Waals surface area contributed by atoms with Crippen LogP contribution in [0.1, 0.15) is 77.3 Å². The van der Waals surface area contributed by atoms with Crippen LogP contribution in [-0.2, 0) is 30.3 Å². The van der Waals surface area contributed by atoms with Gasteiger partial charge in [0, 0.05) is 76.1 Å². The van der Waals surface area contributed by atoms with Gasteiger partial charge in [-0.15, -0.1) is 0 Å². The van der Waals surface area contributed by atoms with Crippen LogP contribution >= 0.6 is 23.6 Å². The first kappa shape index (κ1) is 40.5. The zero-order chi connectivity index (χ0) is 39.7. The molecule has 1 aliphatic carbocycles. The molecular weight excluding hydrogens is 764 g/mol. The summed E-state index contributed by atoms with van der Waals surface area (Å²) in [4.78, 5) is 2.43. The van der Waals surface area contributed by atoms with Crippen LogP contribution in [0.3, 0.4) is 0 Å². The van der Waals surface area contributed by atoms with E-state index >= 15 is 0 Å². The molecule has 0 spiro atoms. The van der Waals surface area contributed by atoms with Crippen LogP contribution in [0.5, 0.6) is 0 Å². The molecule has 0 fully saturated rings. The first-order valence-electron chi connectivity index (χ1n) is 19.3. The van der Waals surface area contributed by atoms with Crippen LogP contribution in [0.15, 0.2) is 119 Å². The van der Waals surface area contributed by atoms with Crippen molar-refractivity contribution in [3.8, 4) is 0 Å². The molecule has 2 heterocycles. The van der Waals surface area contributed by atoms with Gasteiger partial charge in [-0.25, -0.2) is 8.42 Å². The molecule has 8 nitrogen and oxygen atoms in total. The maximum Gasteiger partial charge on any atom is 0.210 e. The van der Waals surface area contributed by atoms with Crippen LogP contribution in [0.25, 0.3) is 21.5 Å². The molecule has 4 aromatic rings. The third-order valence-electron chi connectivity index (χ3n) is 11.6. The van der Waals surface area contributed by atoms with Crippen LogP contribution in [0.4, 0.5) is 11.4 Å². The second kappa shape index (κ2) is 16.6. The monoisotopic (exact) mass is 811 g/mol. The smallest absolute Gasteiger partial charge is 0.210 e. The summed E-state index contributed by atoms with van der Waals surface area (Å²) in [5, 5.41) is 19.3. The van der Waals surface area contributed by atoms with Gasteiger partial charge in [0.1, 0.15) is 6.54 Å². The predicted octanol–water partition coefficient (Wildman–Crippen LogP) is 9.80. The summed E-state index contributed by atoms with van der Waals surface area (Å²) >= 11 is 8.24. The van der Waals surface area contributed by atoms with E-state index in [1.54, 1.807) is 0 Å². The van der Waals surface area contributed by atoms with Gasteiger partial charge in [-0.3, -0.25) is 5.04 Å². The Morgan fingerprint density at radius 2 is 1.54 bits per heavy atom. The van der Waals surface area contributed by atoms with Crippen LogP contribution in [0, 0.1) is 0 Å². The van der Waals surface area contributed by atoms with Crippen molar-refractivity contribution in [2.75, 3.05) is 29.5 Å². The number of halogens is 1. The van der Waals surface area contributed by atoms with Crippen LogP contribution in [-0.4, -0.2) is 47.9 Å². The summed E-state index contributed by atoms with van der Waals surface area (Å²) in [6.07, 6.45) is 13.1. The summed E-state index contributed by atoms with van der Waals surface area (Å²) in [5.41, 5.74) is 8.80. The van der Waals surface area contributed by atoms with Crippen LogP contribution in [0.2, 0.25) is 0 Å². The molecule has 3 aliphatic rings. The quantitative estimate of drug-likeness (QED) is 0.0292. The highest BCUT2D eigenvalue weighted by molar-refractivity contribution is 7.94. The van der Waals surface area contributed by atoms with Gasteiger partial charge in [0.05, 0.1) is 15.5 Å². The Balaban J connectivity index is 1.20. The topological polar surface area (TPSA) is 105 Å². The first-order chi connectivity index (χ1) is 26.8. The SMILES string of the molecule is CC1(C)C(/C=C/C2=C(Cl)C(=C/C=C3/N(CCCCSOO[O-])c4ccc5ccccc5c4C3(C)C)/CC2)=[N+](CCCCS(=O)(=O)[O-])c2ccc3ccccc3c21. The fourth-order valence-electron chi connectivity index (χ4n) is 8.95. The van der Waals surface area contributed by atoms with E-state index < -0.39 is 10.1 Å². The van der Waals surface area contributed by atoms with Gasteiger partial charge in [0.2, 0.25) is 5.69 Å². The van der Waals surface area contributed by atoms with Crippen molar-refractivity contribution in [1.82, 2.24) is 0 Å². The summed E-state index contributed by atoms with van der Waals surface area (Å²) < 4.78 is 40.9. The zero-order valence-corrected chi connectivity index (χ0v) is 34.7. The molecule has 11 heteroatoms. The fraction of sp³-hybridized carbons (Fsp3) is 0.356. The molecule has 0 N–H and O–H groups in total. The molecular formula is C45H48ClN2O6S2-. The average Bonchev–Trinajstić information content (AvgIpc) is 3.71. The highest BCUT2D eigenvalue weighted by atomic mass is 35.5. The summed E-state index contributed by atoms with van der Waals surface area (Å²) in [6, 6.07) is 25.7. The van der Waals surface area contributed by atoms with E-state index in [-0.39, 0.29) is 16.6 Å². The van der Waals surface area contributed by atoms with Crippen molar-refractivity contribution in [3.63, 3.8) is 0 Å². The van der Waals surface area contributed by atoms with Crippen molar-refractivity contribution >= 4 is 72.4 Å². The lowest BCUT2D eigenvalue weighted by Crippen LogP contribution is -2.28. The largest absolute Gasteiger partial charge is 0.748 e. The Morgan fingerprint density at radius 1 is 0.839 bits per heavy atom. The highest BCUT2D eigenvalue weighted by Crippen LogP contribution is 2.51.